The maximum Gasteiger partial charge on any atom is 0.182 e. The summed E-state index contributed by atoms with van der Waals surface area (Å²) in [6.45, 7) is 0. The van der Waals surface area contributed by atoms with Crippen molar-refractivity contribution in [3.8, 4) is 22.8 Å². The molecule has 3 heterocycles. The molecule has 0 aliphatic rings. The Hall–Kier alpha value is -3.42. The van der Waals surface area contributed by atoms with Crippen molar-refractivity contribution in [2.24, 2.45) is 7.05 Å². The monoisotopic (exact) mass is 350 g/mol. The number of benzene rings is 1. The van der Waals surface area contributed by atoms with Gasteiger partial charge < -0.3 is 9.47 Å². The zero-order chi connectivity index (χ0) is 18.1. The molecule has 0 N–H and O–H groups in total. The number of nitrogens with zero attached hydrogens (tertiary/aromatic N) is 6. The first-order valence-corrected chi connectivity index (χ1v) is 8.07. The summed E-state index contributed by atoms with van der Waals surface area (Å²) in [6.07, 6.45) is 7.73. The smallest absolute Gasteiger partial charge is 0.182 e. The van der Waals surface area contributed by atoms with E-state index in [2.05, 4.69) is 20.2 Å². The lowest BCUT2D eigenvalue weighted by atomic mass is 10.1. The Labute approximate surface area is 150 Å². The van der Waals surface area contributed by atoms with Crippen LogP contribution in [0.25, 0.3) is 16.9 Å². The van der Waals surface area contributed by atoms with Crippen LogP contribution in [-0.4, -0.2) is 43.6 Å². The second-order valence-corrected chi connectivity index (χ2v) is 5.87. The molecule has 0 bridgehead atoms. The van der Waals surface area contributed by atoms with Gasteiger partial charge in [0.25, 0.3) is 0 Å². The minimum absolute atomic E-state index is 0.557. The van der Waals surface area contributed by atoms with Crippen LogP contribution in [0.4, 0.5) is 0 Å². The maximum absolute atomic E-state index is 5.33. The lowest BCUT2D eigenvalue weighted by Crippen LogP contribution is -1.95. The van der Waals surface area contributed by atoms with Crippen molar-refractivity contribution in [1.82, 2.24) is 29.4 Å². The van der Waals surface area contributed by atoms with Gasteiger partial charge in [-0.2, -0.15) is 10.2 Å². The van der Waals surface area contributed by atoms with Crippen LogP contribution in [0.1, 0.15) is 11.4 Å². The number of aromatic nitrogens is 6. The largest absolute Gasteiger partial charge is 0.497 e. The van der Waals surface area contributed by atoms with Crippen LogP contribution in [0.15, 0.2) is 43.0 Å². The summed E-state index contributed by atoms with van der Waals surface area (Å²) in [5, 5.41) is 8.77. The second-order valence-electron chi connectivity index (χ2n) is 5.87. The first kappa shape index (κ1) is 16.1. The van der Waals surface area contributed by atoms with E-state index < -0.39 is 0 Å². The number of rotatable bonds is 5. The lowest BCUT2D eigenvalue weighted by Gasteiger charge is -2.07. The molecule has 0 unspecified atom stereocenters. The SMILES string of the molecule is COc1cc(Cc2nc3c(-c4cnn(C)c4)nccn3n2)cc(OC)c1. The van der Waals surface area contributed by atoms with E-state index in [1.165, 1.54) is 0 Å². The first-order valence-electron chi connectivity index (χ1n) is 8.07. The molecule has 4 rings (SSSR count). The Balaban J connectivity index is 1.72. The summed E-state index contributed by atoms with van der Waals surface area (Å²) < 4.78 is 14.1. The fourth-order valence-electron chi connectivity index (χ4n) is 2.83. The molecule has 0 saturated carbocycles. The van der Waals surface area contributed by atoms with E-state index in [4.69, 9.17) is 9.47 Å². The molecule has 26 heavy (non-hydrogen) atoms. The molecule has 8 nitrogen and oxygen atoms in total. The maximum atomic E-state index is 5.33. The van der Waals surface area contributed by atoms with E-state index >= 15 is 0 Å². The summed E-state index contributed by atoms with van der Waals surface area (Å²) >= 11 is 0. The number of hydrogen-bond acceptors (Lipinski definition) is 6. The molecule has 0 atom stereocenters. The number of fused-ring (bicyclic) bond motifs is 1. The van der Waals surface area contributed by atoms with Crippen LogP contribution in [0.3, 0.4) is 0 Å². The average molecular weight is 350 g/mol. The van der Waals surface area contributed by atoms with E-state index in [0.29, 0.717) is 17.9 Å². The Morgan fingerprint density at radius 2 is 1.85 bits per heavy atom. The Morgan fingerprint density at radius 3 is 2.50 bits per heavy atom. The fraction of sp³-hybridized carbons (Fsp3) is 0.222. The zero-order valence-corrected chi connectivity index (χ0v) is 14.7. The van der Waals surface area contributed by atoms with Crippen molar-refractivity contribution < 1.29 is 9.47 Å². The van der Waals surface area contributed by atoms with Gasteiger partial charge in [-0.05, 0) is 17.7 Å². The lowest BCUT2D eigenvalue weighted by molar-refractivity contribution is 0.393. The molecule has 0 amide bonds. The molecule has 0 aliphatic heterocycles. The molecule has 8 heteroatoms. The van der Waals surface area contributed by atoms with Gasteiger partial charge in [-0.3, -0.25) is 9.67 Å². The summed E-state index contributed by atoms with van der Waals surface area (Å²) in [7, 11) is 5.14. The van der Waals surface area contributed by atoms with E-state index in [0.717, 1.165) is 28.3 Å². The molecule has 4 aromatic rings. The highest BCUT2D eigenvalue weighted by molar-refractivity contribution is 5.72. The van der Waals surface area contributed by atoms with Gasteiger partial charge in [0.05, 0.1) is 20.4 Å². The van der Waals surface area contributed by atoms with Gasteiger partial charge in [0, 0.05) is 43.7 Å². The molecule has 132 valence electrons. The second kappa shape index (κ2) is 6.47. The summed E-state index contributed by atoms with van der Waals surface area (Å²) in [5.41, 5.74) is 3.36. The van der Waals surface area contributed by atoms with Gasteiger partial charge in [0.1, 0.15) is 17.2 Å². The molecular weight excluding hydrogens is 332 g/mol. The van der Waals surface area contributed by atoms with Crippen molar-refractivity contribution in [1.29, 1.82) is 0 Å². The van der Waals surface area contributed by atoms with Gasteiger partial charge in [0.2, 0.25) is 0 Å². The third kappa shape index (κ3) is 2.97. The van der Waals surface area contributed by atoms with Crippen LogP contribution in [0, 0.1) is 0 Å². The Bertz CT molecular complexity index is 1050. The molecule has 0 saturated heterocycles. The van der Waals surface area contributed by atoms with Gasteiger partial charge in [0.15, 0.2) is 11.5 Å². The van der Waals surface area contributed by atoms with E-state index in [1.54, 1.807) is 42.0 Å². The molecule has 0 fully saturated rings. The van der Waals surface area contributed by atoms with Crippen molar-refractivity contribution in [3.05, 3.63) is 54.4 Å². The number of aryl methyl sites for hydroxylation is 1. The van der Waals surface area contributed by atoms with Crippen molar-refractivity contribution >= 4 is 5.65 Å². The number of ether oxygens (including phenoxy) is 2. The Kier molecular flexibility index (Phi) is 4.00. The fourth-order valence-corrected chi connectivity index (χ4v) is 2.83. The predicted molar refractivity (Wildman–Crippen MR) is 95.3 cm³/mol. The third-order valence-electron chi connectivity index (χ3n) is 4.05. The molecular formula is C18H18N6O2. The topological polar surface area (TPSA) is 79.4 Å². The zero-order valence-electron chi connectivity index (χ0n) is 14.7. The van der Waals surface area contributed by atoms with Crippen LogP contribution in [0.5, 0.6) is 11.5 Å². The quantitative estimate of drug-likeness (QED) is 0.549. The average Bonchev–Trinajstić information content (AvgIpc) is 3.26. The number of hydrogen-bond donors (Lipinski definition) is 0. The minimum atomic E-state index is 0.557. The third-order valence-corrected chi connectivity index (χ3v) is 4.05. The van der Waals surface area contributed by atoms with E-state index in [1.807, 2.05) is 31.4 Å². The van der Waals surface area contributed by atoms with Gasteiger partial charge in [-0.1, -0.05) is 0 Å². The van der Waals surface area contributed by atoms with E-state index in [9.17, 15) is 0 Å². The molecule has 3 aromatic heterocycles. The van der Waals surface area contributed by atoms with Gasteiger partial charge >= 0.3 is 0 Å². The molecule has 1 aromatic carbocycles. The van der Waals surface area contributed by atoms with Crippen molar-refractivity contribution in [2.45, 2.75) is 6.42 Å². The van der Waals surface area contributed by atoms with Gasteiger partial charge in [-0.15, -0.1) is 0 Å². The Morgan fingerprint density at radius 1 is 1.08 bits per heavy atom. The van der Waals surface area contributed by atoms with E-state index in [-0.39, 0.29) is 0 Å². The summed E-state index contributed by atoms with van der Waals surface area (Å²) in [5.74, 6) is 2.17. The molecule has 0 aliphatic carbocycles. The first-order chi connectivity index (χ1) is 12.7. The normalized spacial score (nSPS) is 11.0. The van der Waals surface area contributed by atoms with Crippen LogP contribution < -0.4 is 9.47 Å². The van der Waals surface area contributed by atoms with Crippen molar-refractivity contribution in [3.63, 3.8) is 0 Å². The molecule has 0 radical (unpaired) electrons. The highest BCUT2D eigenvalue weighted by Crippen LogP contribution is 2.25. The highest BCUT2D eigenvalue weighted by Gasteiger charge is 2.13. The summed E-state index contributed by atoms with van der Waals surface area (Å²) in [4.78, 5) is 9.12. The standard InChI is InChI=1S/C18H18N6O2/c1-23-11-13(10-20-23)17-18-21-16(22-24(18)5-4-19-17)8-12-6-14(25-2)9-15(7-12)26-3/h4-7,9-11H,8H2,1-3H3. The molecule has 0 spiro atoms. The van der Waals surface area contributed by atoms with Crippen molar-refractivity contribution in [2.75, 3.05) is 14.2 Å². The van der Waals surface area contributed by atoms with Crippen LogP contribution in [-0.2, 0) is 13.5 Å². The summed E-state index contributed by atoms with van der Waals surface area (Å²) in [6, 6.07) is 5.74. The predicted octanol–water partition coefficient (Wildman–Crippen LogP) is 2.13. The minimum Gasteiger partial charge on any atom is -0.497 e. The number of methoxy groups -OCH3 is 2. The van der Waals surface area contributed by atoms with Crippen LogP contribution in [0.2, 0.25) is 0 Å². The van der Waals surface area contributed by atoms with Gasteiger partial charge in [-0.25, -0.2) is 9.50 Å². The van der Waals surface area contributed by atoms with Crippen LogP contribution >= 0.6 is 0 Å². The highest BCUT2D eigenvalue weighted by atomic mass is 16.5.